The van der Waals surface area contributed by atoms with Crippen LogP contribution in [0.25, 0.3) is 11.3 Å². The fourth-order valence-electron chi connectivity index (χ4n) is 3.48. The molecule has 0 bridgehead atoms. The Labute approximate surface area is 152 Å². The van der Waals surface area contributed by atoms with E-state index in [1.165, 1.54) is 0 Å². The number of rotatable bonds is 3. The first-order chi connectivity index (χ1) is 12.7. The van der Waals surface area contributed by atoms with Gasteiger partial charge >= 0.3 is 6.71 Å². The van der Waals surface area contributed by atoms with Crippen LogP contribution >= 0.6 is 0 Å². The molecule has 4 rings (SSSR count). The maximum atomic E-state index is 12.9. The van der Waals surface area contributed by atoms with Gasteiger partial charge in [-0.3, -0.25) is 4.98 Å². The standard InChI is InChI=1S/C20H17BN4O/c1-13-11-23-10-8-15(13)18-19(24-14-5-3-2-4-6-14)17-16(25-18)7-9-21(12-22)20(17)26/h2-6,8,10-11,24-25H,7,9H2,1H3. The number of benzene rings is 1. The van der Waals surface area contributed by atoms with Gasteiger partial charge in [0.25, 0.3) is 0 Å². The number of carbonyl (C=O) groups is 1. The molecule has 0 atom stereocenters. The van der Waals surface area contributed by atoms with Crippen molar-refractivity contribution in [3.63, 3.8) is 0 Å². The number of hydrogen-bond donors (Lipinski definition) is 2. The van der Waals surface area contributed by atoms with Crippen LogP contribution in [0, 0.1) is 18.2 Å². The summed E-state index contributed by atoms with van der Waals surface area (Å²) in [5, 5.41) is 12.7. The summed E-state index contributed by atoms with van der Waals surface area (Å²) in [6.45, 7) is 1.41. The van der Waals surface area contributed by atoms with Crippen molar-refractivity contribution in [3.05, 3.63) is 65.6 Å². The van der Waals surface area contributed by atoms with Crippen molar-refractivity contribution < 1.29 is 4.79 Å². The minimum atomic E-state index is -0.582. The molecule has 1 aliphatic rings. The number of hydrogen-bond acceptors (Lipinski definition) is 4. The van der Waals surface area contributed by atoms with Crippen LogP contribution in [-0.2, 0) is 6.42 Å². The largest absolute Gasteiger partial charge is 0.356 e. The van der Waals surface area contributed by atoms with Crippen molar-refractivity contribution in [1.29, 1.82) is 5.26 Å². The highest BCUT2D eigenvalue weighted by Gasteiger charge is 2.36. The fourth-order valence-corrected chi connectivity index (χ4v) is 3.48. The molecular formula is C20H17BN4O. The summed E-state index contributed by atoms with van der Waals surface area (Å²) in [6.07, 6.45) is 4.80. The molecule has 0 saturated heterocycles. The summed E-state index contributed by atoms with van der Waals surface area (Å²) in [5.74, 6) is 2.14. The highest BCUT2D eigenvalue weighted by molar-refractivity contribution is 6.98. The third-order valence-corrected chi connectivity index (χ3v) is 4.81. The molecular weight excluding hydrogens is 323 g/mol. The number of aromatic nitrogens is 2. The van der Waals surface area contributed by atoms with E-state index in [9.17, 15) is 10.1 Å². The van der Waals surface area contributed by atoms with Crippen molar-refractivity contribution in [3.8, 4) is 17.2 Å². The van der Waals surface area contributed by atoms with E-state index < -0.39 is 6.71 Å². The predicted octanol–water partition coefficient (Wildman–Crippen LogP) is 3.96. The third kappa shape index (κ3) is 2.68. The average Bonchev–Trinajstić information content (AvgIpc) is 3.02. The van der Waals surface area contributed by atoms with Crippen LogP contribution in [0.2, 0.25) is 6.32 Å². The Morgan fingerprint density at radius 3 is 2.81 bits per heavy atom. The predicted molar refractivity (Wildman–Crippen MR) is 103 cm³/mol. The number of anilines is 2. The molecule has 0 saturated carbocycles. The zero-order valence-corrected chi connectivity index (χ0v) is 14.4. The minimum Gasteiger partial charge on any atom is -0.356 e. The first kappa shape index (κ1) is 16.2. The van der Waals surface area contributed by atoms with E-state index in [-0.39, 0.29) is 5.68 Å². The molecule has 0 unspecified atom stereocenters. The van der Waals surface area contributed by atoms with Crippen LogP contribution < -0.4 is 5.32 Å². The van der Waals surface area contributed by atoms with E-state index in [1.54, 1.807) is 12.4 Å². The lowest BCUT2D eigenvalue weighted by molar-refractivity contribution is 0.107. The van der Waals surface area contributed by atoms with Crippen LogP contribution in [0.3, 0.4) is 0 Å². The monoisotopic (exact) mass is 340 g/mol. The first-order valence-corrected chi connectivity index (χ1v) is 8.60. The minimum absolute atomic E-state index is 0.110. The molecule has 0 radical (unpaired) electrons. The topological polar surface area (TPSA) is 81.6 Å². The van der Waals surface area contributed by atoms with E-state index in [1.807, 2.05) is 43.3 Å². The molecule has 1 aliphatic heterocycles. The Kier molecular flexibility index (Phi) is 4.06. The lowest BCUT2D eigenvalue weighted by Gasteiger charge is -2.15. The number of aromatic amines is 1. The van der Waals surface area contributed by atoms with Crippen LogP contribution in [0.4, 0.5) is 11.4 Å². The molecule has 6 heteroatoms. The summed E-state index contributed by atoms with van der Waals surface area (Å²) >= 11 is 0. The normalized spacial score (nSPS) is 13.2. The molecule has 3 aromatic rings. The molecule has 3 heterocycles. The summed E-state index contributed by atoms with van der Waals surface area (Å²) in [7, 11) is 0. The zero-order chi connectivity index (χ0) is 18.1. The number of carbonyl (C=O) groups excluding carboxylic acids is 1. The molecule has 0 fully saturated rings. The van der Waals surface area contributed by atoms with Crippen molar-refractivity contribution in [2.75, 3.05) is 5.32 Å². The maximum Gasteiger partial charge on any atom is 0.351 e. The second-order valence-electron chi connectivity index (χ2n) is 6.49. The van der Waals surface area contributed by atoms with Crippen molar-refractivity contribution >= 4 is 23.8 Å². The Morgan fingerprint density at radius 2 is 2.08 bits per heavy atom. The Morgan fingerprint density at radius 1 is 1.27 bits per heavy atom. The second-order valence-corrected chi connectivity index (χ2v) is 6.49. The van der Waals surface area contributed by atoms with E-state index in [0.717, 1.165) is 33.9 Å². The maximum absolute atomic E-state index is 12.9. The molecule has 5 nitrogen and oxygen atoms in total. The number of nitriles is 1. The van der Waals surface area contributed by atoms with Crippen LogP contribution in [-0.4, -0.2) is 22.4 Å². The molecule has 0 spiro atoms. The van der Waals surface area contributed by atoms with Gasteiger partial charge in [-0.25, -0.2) is 5.26 Å². The van der Waals surface area contributed by atoms with E-state index in [0.29, 0.717) is 18.3 Å². The van der Waals surface area contributed by atoms with Gasteiger partial charge in [-0.2, -0.15) is 0 Å². The quantitative estimate of drug-likeness (QED) is 0.707. The molecule has 2 aromatic heterocycles. The number of aryl methyl sites for hydroxylation is 2. The molecule has 0 amide bonds. The lowest BCUT2D eigenvalue weighted by Crippen LogP contribution is -2.30. The summed E-state index contributed by atoms with van der Waals surface area (Å²) in [5.41, 5.74) is 5.91. The summed E-state index contributed by atoms with van der Waals surface area (Å²) < 4.78 is 0. The third-order valence-electron chi connectivity index (χ3n) is 4.81. The van der Waals surface area contributed by atoms with Gasteiger partial charge in [-0.15, -0.1) is 0 Å². The Hall–Kier alpha value is -3.33. The molecule has 1 aromatic carbocycles. The number of fused-ring (bicyclic) bond motifs is 1. The lowest BCUT2D eigenvalue weighted by atomic mass is 9.41. The van der Waals surface area contributed by atoms with E-state index in [4.69, 9.17) is 0 Å². The van der Waals surface area contributed by atoms with Gasteiger partial charge in [0, 0.05) is 35.3 Å². The number of nitrogens with one attached hydrogen (secondary N) is 2. The van der Waals surface area contributed by atoms with Gasteiger partial charge in [0.2, 0.25) is 0 Å². The second kappa shape index (κ2) is 6.53. The van der Waals surface area contributed by atoms with Gasteiger partial charge in [-0.05, 0) is 43.4 Å². The Bertz CT molecular complexity index is 1020. The van der Waals surface area contributed by atoms with Crippen molar-refractivity contribution in [2.24, 2.45) is 0 Å². The highest BCUT2D eigenvalue weighted by Crippen LogP contribution is 2.39. The van der Waals surface area contributed by atoms with E-state index >= 15 is 0 Å². The van der Waals surface area contributed by atoms with Crippen molar-refractivity contribution in [1.82, 2.24) is 9.97 Å². The molecule has 26 heavy (non-hydrogen) atoms. The van der Waals surface area contributed by atoms with Gasteiger partial charge in [0.1, 0.15) is 5.68 Å². The fraction of sp³-hybridized carbons (Fsp3) is 0.150. The number of pyridine rings is 1. The molecule has 2 N–H and O–H groups in total. The number of nitrogens with zero attached hydrogens (tertiary/aromatic N) is 2. The SMILES string of the molecule is Cc1cnccc1-c1[nH]c2c(c1Nc1ccccc1)C(=O)B(C#N)CC2. The van der Waals surface area contributed by atoms with Gasteiger partial charge < -0.3 is 15.1 Å². The van der Waals surface area contributed by atoms with Crippen molar-refractivity contribution in [2.45, 2.75) is 19.7 Å². The molecule has 0 aliphatic carbocycles. The zero-order valence-electron chi connectivity index (χ0n) is 14.4. The first-order valence-electron chi connectivity index (χ1n) is 8.60. The van der Waals surface area contributed by atoms with Crippen LogP contribution in [0.1, 0.15) is 21.6 Å². The number of para-hydroxylation sites is 1. The highest BCUT2D eigenvalue weighted by atomic mass is 16.1. The average molecular weight is 340 g/mol. The smallest absolute Gasteiger partial charge is 0.351 e. The Balaban J connectivity index is 1.91. The van der Waals surface area contributed by atoms with Crippen LogP contribution in [0.5, 0.6) is 0 Å². The number of H-pyrrole nitrogens is 1. The van der Waals surface area contributed by atoms with Gasteiger partial charge in [0.05, 0.1) is 16.9 Å². The molecule has 126 valence electrons. The van der Waals surface area contributed by atoms with Crippen LogP contribution in [0.15, 0.2) is 48.8 Å². The van der Waals surface area contributed by atoms with E-state index in [2.05, 4.69) is 21.3 Å². The van der Waals surface area contributed by atoms with Gasteiger partial charge in [0.15, 0.2) is 0 Å². The summed E-state index contributed by atoms with van der Waals surface area (Å²) in [6, 6.07) is 11.7. The summed E-state index contributed by atoms with van der Waals surface area (Å²) in [4.78, 5) is 20.5. The van der Waals surface area contributed by atoms with Gasteiger partial charge in [-0.1, -0.05) is 18.2 Å².